The highest BCUT2D eigenvalue weighted by atomic mass is 79.9. The number of halogens is 1. The van der Waals surface area contributed by atoms with Gasteiger partial charge >= 0.3 is 0 Å². The van der Waals surface area contributed by atoms with Crippen LogP contribution in [0, 0.1) is 5.41 Å². The molecule has 0 aromatic carbocycles. The van der Waals surface area contributed by atoms with Crippen molar-refractivity contribution in [3.8, 4) is 0 Å². The zero-order valence-electron chi connectivity index (χ0n) is 7.43. The molecule has 0 aliphatic carbocycles. The van der Waals surface area contributed by atoms with E-state index >= 15 is 0 Å². The molecule has 1 unspecified atom stereocenters. The molecule has 0 aromatic rings. The molecule has 5 heteroatoms. The molecular formula is C7H13BrN2OS. The van der Waals surface area contributed by atoms with Gasteiger partial charge in [-0.2, -0.15) is 4.40 Å². The van der Waals surface area contributed by atoms with Crippen LogP contribution in [0.5, 0.6) is 0 Å². The van der Waals surface area contributed by atoms with Crippen LogP contribution >= 0.6 is 15.9 Å². The Hall–Kier alpha value is -0.0300. The second kappa shape index (κ2) is 4.87. The van der Waals surface area contributed by atoms with Gasteiger partial charge in [-0.3, -0.25) is 0 Å². The number of rotatable bonds is 3. The van der Waals surface area contributed by atoms with Crippen molar-refractivity contribution < 1.29 is 4.21 Å². The summed E-state index contributed by atoms with van der Waals surface area (Å²) in [5.41, 5.74) is 0.326. The van der Waals surface area contributed by atoms with Gasteiger partial charge in [0, 0.05) is 5.33 Å². The molecule has 0 aliphatic heterocycles. The topological polar surface area (TPSA) is 53.3 Å². The molecule has 1 atom stereocenters. The predicted molar refractivity (Wildman–Crippen MR) is 57.9 cm³/mol. The molecule has 70 valence electrons. The Morgan fingerprint density at radius 1 is 1.67 bits per heavy atom. The third-order valence-corrected chi connectivity index (χ3v) is 2.92. The van der Waals surface area contributed by atoms with Crippen molar-refractivity contribution in [3.63, 3.8) is 0 Å². The fourth-order valence-corrected chi connectivity index (χ4v) is 0.988. The standard InChI is InChI=1S/C7H13BrN2OS/c1-7(2,3)12(11)10-5-6(9)4-8/h5,9H,4H2,1-3H3/b9-6?,10-5-. The summed E-state index contributed by atoms with van der Waals surface area (Å²) in [6.45, 7) is 5.54. The van der Waals surface area contributed by atoms with Crippen molar-refractivity contribution in [2.75, 3.05) is 5.33 Å². The van der Waals surface area contributed by atoms with Gasteiger partial charge in [-0.1, -0.05) is 15.9 Å². The molecule has 3 nitrogen and oxygen atoms in total. The second-order valence-corrected chi connectivity index (χ2v) is 5.75. The summed E-state index contributed by atoms with van der Waals surface area (Å²) >= 11 is 3.10. The maximum absolute atomic E-state index is 11.3. The minimum Gasteiger partial charge on any atom is -0.303 e. The van der Waals surface area contributed by atoms with Crippen LogP contribution in [-0.4, -0.2) is 26.2 Å². The first-order valence-electron chi connectivity index (χ1n) is 3.47. The zero-order valence-corrected chi connectivity index (χ0v) is 9.83. The molecule has 0 aromatic heterocycles. The Morgan fingerprint density at radius 3 is 2.50 bits per heavy atom. The summed E-state index contributed by atoms with van der Waals surface area (Å²) in [7, 11) is -1.25. The highest BCUT2D eigenvalue weighted by Gasteiger charge is 2.18. The lowest BCUT2D eigenvalue weighted by Crippen LogP contribution is -2.20. The maximum Gasteiger partial charge on any atom is 0.144 e. The van der Waals surface area contributed by atoms with Gasteiger partial charge in [0.25, 0.3) is 0 Å². The molecule has 0 heterocycles. The first-order chi connectivity index (χ1) is 5.38. The average molecular weight is 253 g/mol. The lowest BCUT2D eigenvalue weighted by molar-refractivity contribution is 0.651. The van der Waals surface area contributed by atoms with Crippen LogP contribution in [0.15, 0.2) is 4.40 Å². The monoisotopic (exact) mass is 252 g/mol. The predicted octanol–water partition coefficient (Wildman–Crippen LogP) is 1.93. The van der Waals surface area contributed by atoms with E-state index in [1.165, 1.54) is 6.21 Å². The highest BCUT2D eigenvalue weighted by Crippen LogP contribution is 2.11. The van der Waals surface area contributed by atoms with Crippen molar-refractivity contribution in [2.24, 2.45) is 4.40 Å². The fraction of sp³-hybridized carbons (Fsp3) is 0.714. The van der Waals surface area contributed by atoms with Gasteiger partial charge in [-0.05, 0) is 20.8 Å². The summed E-state index contributed by atoms with van der Waals surface area (Å²) < 4.78 is 14.7. The van der Waals surface area contributed by atoms with E-state index in [-0.39, 0.29) is 4.75 Å². The largest absolute Gasteiger partial charge is 0.303 e. The van der Waals surface area contributed by atoms with E-state index < -0.39 is 11.0 Å². The third-order valence-electron chi connectivity index (χ3n) is 0.972. The molecule has 0 rings (SSSR count). The number of alkyl halides is 1. The Kier molecular flexibility index (Phi) is 4.85. The second-order valence-electron chi connectivity index (χ2n) is 3.25. The summed E-state index contributed by atoms with van der Waals surface area (Å²) in [5, 5.41) is 7.65. The van der Waals surface area contributed by atoms with E-state index in [1.54, 1.807) is 0 Å². The molecule has 0 bridgehead atoms. The zero-order chi connectivity index (χ0) is 9.78. The van der Waals surface area contributed by atoms with Crippen molar-refractivity contribution in [2.45, 2.75) is 25.5 Å². The summed E-state index contributed by atoms with van der Waals surface area (Å²) in [4.78, 5) is 0. The summed E-state index contributed by atoms with van der Waals surface area (Å²) in [5.74, 6) is 0. The van der Waals surface area contributed by atoms with Gasteiger partial charge in [0.15, 0.2) is 0 Å². The van der Waals surface area contributed by atoms with Gasteiger partial charge < -0.3 is 5.41 Å². The van der Waals surface area contributed by atoms with Crippen molar-refractivity contribution in [1.29, 1.82) is 5.41 Å². The van der Waals surface area contributed by atoms with E-state index in [0.29, 0.717) is 11.0 Å². The third kappa shape index (κ3) is 4.77. The van der Waals surface area contributed by atoms with Crippen LogP contribution in [-0.2, 0) is 11.0 Å². The number of nitrogens with one attached hydrogen (secondary N) is 1. The van der Waals surface area contributed by atoms with E-state index in [1.807, 2.05) is 20.8 Å². The molecule has 0 saturated heterocycles. The van der Waals surface area contributed by atoms with Gasteiger partial charge in [-0.15, -0.1) is 0 Å². The lowest BCUT2D eigenvalue weighted by atomic mass is 10.3. The number of hydrogen-bond acceptors (Lipinski definition) is 2. The Balaban J connectivity index is 4.19. The summed E-state index contributed by atoms with van der Waals surface area (Å²) in [6.07, 6.45) is 1.33. The fourth-order valence-electron chi connectivity index (χ4n) is 0.304. The SMILES string of the molecule is CC(C)(C)S(=O)/N=C\C(=N)CBr. The number of hydrogen-bond donors (Lipinski definition) is 1. The molecule has 0 saturated carbocycles. The Bertz CT molecular complexity index is 220. The molecule has 0 radical (unpaired) electrons. The van der Waals surface area contributed by atoms with E-state index in [2.05, 4.69) is 20.3 Å². The van der Waals surface area contributed by atoms with Crippen LogP contribution < -0.4 is 0 Å². The van der Waals surface area contributed by atoms with Crippen molar-refractivity contribution in [1.82, 2.24) is 0 Å². The van der Waals surface area contributed by atoms with Gasteiger partial charge in [0.05, 0.1) is 16.7 Å². The van der Waals surface area contributed by atoms with E-state index in [4.69, 9.17) is 5.41 Å². The molecule has 0 aliphatic rings. The van der Waals surface area contributed by atoms with Crippen LogP contribution in [0.4, 0.5) is 0 Å². The molecular weight excluding hydrogens is 240 g/mol. The smallest absolute Gasteiger partial charge is 0.144 e. The molecule has 0 fully saturated rings. The van der Waals surface area contributed by atoms with Crippen LogP contribution in [0.25, 0.3) is 0 Å². The number of nitrogens with zero attached hydrogens (tertiary/aromatic N) is 1. The van der Waals surface area contributed by atoms with Crippen LogP contribution in [0.1, 0.15) is 20.8 Å². The average Bonchev–Trinajstić information content (AvgIpc) is 1.97. The quantitative estimate of drug-likeness (QED) is 0.606. The normalized spacial score (nSPS) is 15.0. The Labute approximate surface area is 83.9 Å². The molecule has 0 spiro atoms. The van der Waals surface area contributed by atoms with E-state index in [0.717, 1.165) is 0 Å². The molecule has 0 amide bonds. The molecule has 1 N–H and O–H groups in total. The van der Waals surface area contributed by atoms with Gasteiger partial charge in [-0.25, -0.2) is 4.21 Å². The highest BCUT2D eigenvalue weighted by molar-refractivity contribution is 9.09. The van der Waals surface area contributed by atoms with Gasteiger partial charge in [0.1, 0.15) is 11.0 Å². The minimum absolute atomic E-state index is 0.326. The van der Waals surface area contributed by atoms with E-state index in [9.17, 15) is 4.21 Å². The van der Waals surface area contributed by atoms with Crippen molar-refractivity contribution >= 4 is 38.8 Å². The minimum atomic E-state index is -1.25. The first-order valence-corrected chi connectivity index (χ1v) is 5.70. The van der Waals surface area contributed by atoms with Crippen LogP contribution in [0.3, 0.4) is 0 Å². The maximum atomic E-state index is 11.3. The van der Waals surface area contributed by atoms with Gasteiger partial charge in [0.2, 0.25) is 0 Å². The first kappa shape index (κ1) is 12.0. The lowest BCUT2D eigenvalue weighted by Gasteiger charge is -2.12. The van der Waals surface area contributed by atoms with Crippen LogP contribution in [0.2, 0.25) is 0 Å². The van der Waals surface area contributed by atoms with Crippen molar-refractivity contribution in [3.05, 3.63) is 0 Å². The summed E-state index contributed by atoms with van der Waals surface area (Å²) in [6, 6.07) is 0. The molecule has 12 heavy (non-hydrogen) atoms. The Morgan fingerprint density at radius 2 is 2.17 bits per heavy atom.